The van der Waals surface area contributed by atoms with E-state index in [1.54, 1.807) is 44.6 Å². The molecule has 0 bridgehead atoms. The minimum atomic E-state index is -0.189. The Bertz CT molecular complexity index is 1310. The summed E-state index contributed by atoms with van der Waals surface area (Å²) in [5, 5.41) is 0. The van der Waals surface area contributed by atoms with E-state index in [1.807, 2.05) is 72.8 Å². The van der Waals surface area contributed by atoms with Crippen LogP contribution in [0.1, 0.15) is 27.0 Å². The van der Waals surface area contributed by atoms with Crippen LogP contribution in [0.25, 0.3) is 6.08 Å². The summed E-state index contributed by atoms with van der Waals surface area (Å²) in [5.41, 5.74) is 3.27. The van der Waals surface area contributed by atoms with Gasteiger partial charge in [0.05, 0.1) is 19.8 Å². The summed E-state index contributed by atoms with van der Waals surface area (Å²) in [6.45, 7) is 0.753. The molecule has 0 heterocycles. The lowest BCUT2D eigenvalue weighted by Gasteiger charge is -2.13. The Balaban J connectivity index is 1.56. The first kappa shape index (κ1) is 24.6. The Hall–Kier alpha value is -4.51. The average Bonchev–Trinajstić information content (AvgIpc) is 2.94. The van der Waals surface area contributed by atoms with Crippen LogP contribution >= 0.6 is 0 Å². The van der Waals surface area contributed by atoms with E-state index in [1.165, 1.54) is 6.08 Å². The third-order valence-corrected chi connectivity index (χ3v) is 5.56. The number of allylic oxidation sites excluding steroid dienone is 1. The predicted octanol–water partition coefficient (Wildman–Crippen LogP) is 6.76. The Morgan fingerprint density at radius 3 is 1.92 bits per heavy atom. The molecule has 36 heavy (non-hydrogen) atoms. The lowest BCUT2D eigenvalue weighted by atomic mass is 10.1. The highest BCUT2D eigenvalue weighted by Gasteiger charge is 2.13. The molecule has 0 saturated heterocycles. The molecule has 0 spiro atoms. The number of hydrogen-bond donors (Lipinski definition) is 0. The van der Waals surface area contributed by atoms with Crippen LogP contribution in [-0.2, 0) is 13.2 Å². The largest absolute Gasteiger partial charge is 0.497 e. The summed E-state index contributed by atoms with van der Waals surface area (Å²) in [4.78, 5) is 13.2. The number of hydrogen-bond acceptors (Lipinski definition) is 5. The molecule has 0 fully saturated rings. The molecule has 0 amide bonds. The van der Waals surface area contributed by atoms with Crippen LogP contribution in [0.15, 0.2) is 103 Å². The summed E-state index contributed by atoms with van der Waals surface area (Å²) < 4.78 is 22.7. The first-order valence-corrected chi connectivity index (χ1v) is 11.6. The van der Waals surface area contributed by atoms with Gasteiger partial charge in [-0.1, -0.05) is 60.7 Å². The Kier molecular flexibility index (Phi) is 8.39. The van der Waals surface area contributed by atoms with E-state index in [0.717, 1.165) is 16.7 Å². The fourth-order valence-corrected chi connectivity index (χ4v) is 3.60. The minimum absolute atomic E-state index is 0.189. The van der Waals surface area contributed by atoms with E-state index < -0.39 is 0 Å². The molecule has 0 saturated carbocycles. The number of benzene rings is 4. The van der Waals surface area contributed by atoms with Crippen molar-refractivity contribution in [3.8, 4) is 23.0 Å². The molecule has 182 valence electrons. The molecule has 0 atom stereocenters. The summed E-state index contributed by atoms with van der Waals surface area (Å²) in [6.07, 6.45) is 3.24. The Morgan fingerprint density at radius 1 is 0.667 bits per heavy atom. The topological polar surface area (TPSA) is 54.0 Å². The van der Waals surface area contributed by atoms with Gasteiger partial charge in [0.1, 0.15) is 36.2 Å². The maximum Gasteiger partial charge on any atom is 0.189 e. The van der Waals surface area contributed by atoms with Crippen LogP contribution < -0.4 is 18.9 Å². The lowest BCUT2D eigenvalue weighted by molar-refractivity contribution is 0.104. The second-order valence-electron chi connectivity index (χ2n) is 8.01. The van der Waals surface area contributed by atoms with Crippen molar-refractivity contribution in [2.45, 2.75) is 13.2 Å². The lowest BCUT2D eigenvalue weighted by Crippen LogP contribution is -2.04. The van der Waals surface area contributed by atoms with E-state index in [0.29, 0.717) is 41.8 Å². The predicted molar refractivity (Wildman–Crippen MR) is 141 cm³/mol. The minimum Gasteiger partial charge on any atom is -0.497 e. The first-order chi connectivity index (χ1) is 17.7. The highest BCUT2D eigenvalue weighted by molar-refractivity contribution is 6.08. The molecule has 5 heteroatoms. The van der Waals surface area contributed by atoms with Gasteiger partial charge in [0.2, 0.25) is 0 Å². The van der Waals surface area contributed by atoms with E-state index in [4.69, 9.17) is 18.9 Å². The molecule has 0 radical (unpaired) electrons. The summed E-state index contributed by atoms with van der Waals surface area (Å²) in [6, 6.07) is 30.5. The van der Waals surface area contributed by atoms with Crippen LogP contribution in [0.2, 0.25) is 0 Å². The van der Waals surface area contributed by atoms with Gasteiger partial charge < -0.3 is 18.9 Å². The van der Waals surface area contributed by atoms with Gasteiger partial charge in [-0.15, -0.1) is 0 Å². The molecule has 0 aromatic heterocycles. The van der Waals surface area contributed by atoms with Crippen molar-refractivity contribution >= 4 is 11.9 Å². The molecular weight excluding hydrogens is 452 g/mol. The Morgan fingerprint density at radius 2 is 1.28 bits per heavy atom. The van der Waals surface area contributed by atoms with Crippen molar-refractivity contribution in [1.82, 2.24) is 0 Å². The second-order valence-corrected chi connectivity index (χ2v) is 8.01. The number of carbonyl (C=O) groups excluding carboxylic acids is 1. The van der Waals surface area contributed by atoms with Crippen LogP contribution in [-0.4, -0.2) is 20.0 Å². The zero-order valence-corrected chi connectivity index (χ0v) is 20.3. The molecule has 0 aliphatic rings. The van der Waals surface area contributed by atoms with Crippen LogP contribution in [0, 0.1) is 0 Å². The number of ether oxygens (including phenoxy) is 4. The van der Waals surface area contributed by atoms with Crippen molar-refractivity contribution in [1.29, 1.82) is 0 Å². The fourth-order valence-electron chi connectivity index (χ4n) is 3.60. The number of ketones is 1. The zero-order valence-electron chi connectivity index (χ0n) is 20.3. The molecule has 4 aromatic rings. The molecule has 5 nitrogen and oxygen atoms in total. The van der Waals surface area contributed by atoms with E-state index >= 15 is 0 Å². The monoisotopic (exact) mass is 480 g/mol. The molecule has 0 N–H and O–H groups in total. The summed E-state index contributed by atoms with van der Waals surface area (Å²) >= 11 is 0. The molecule has 4 rings (SSSR count). The number of rotatable bonds is 11. The van der Waals surface area contributed by atoms with Gasteiger partial charge in [0, 0.05) is 17.7 Å². The summed E-state index contributed by atoms with van der Waals surface area (Å²) in [5.74, 6) is 2.19. The maximum absolute atomic E-state index is 13.2. The first-order valence-electron chi connectivity index (χ1n) is 11.6. The van der Waals surface area contributed by atoms with Gasteiger partial charge in [-0.3, -0.25) is 4.79 Å². The highest BCUT2D eigenvalue weighted by atomic mass is 16.5. The molecule has 0 aliphatic heterocycles. The third kappa shape index (κ3) is 6.54. The smallest absolute Gasteiger partial charge is 0.189 e. The fraction of sp³-hybridized carbons (Fsp3) is 0.129. The van der Waals surface area contributed by atoms with Crippen molar-refractivity contribution in [2.24, 2.45) is 0 Å². The van der Waals surface area contributed by atoms with E-state index in [9.17, 15) is 4.79 Å². The van der Waals surface area contributed by atoms with Crippen molar-refractivity contribution in [2.75, 3.05) is 14.2 Å². The average molecular weight is 481 g/mol. The van der Waals surface area contributed by atoms with Crippen molar-refractivity contribution in [3.63, 3.8) is 0 Å². The SMILES string of the molecule is COc1ccc(C=CC(=O)c2ccc(OCc3ccccc3)cc2OCc2ccccc2)c(OC)c1. The van der Waals surface area contributed by atoms with Gasteiger partial charge in [-0.25, -0.2) is 0 Å². The standard InChI is InChI=1S/C31H28O5/c1-33-26-15-13-25(30(19-26)34-2)14-18-29(32)28-17-16-27(35-21-23-9-5-3-6-10-23)20-31(28)36-22-24-11-7-4-8-12-24/h3-20H,21-22H2,1-2H3. The van der Waals surface area contributed by atoms with Crippen molar-refractivity contribution in [3.05, 3.63) is 125 Å². The van der Waals surface area contributed by atoms with E-state index in [2.05, 4.69) is 0 Å². The quantitative estimate of drug-likeness (QED) is 0.175. The third-order valence-electron chi connectivity index (χ3n) is 5.56. The van der Waals surface area contributed by atoms with Crippen LogP contribution in [0.3, 0.4) is 0 Å². The highest BCUT2D eigenvalue weighted by Crippen LogP contribution is 2.29. The Labute approximate surface area is 211 Å². The van der Waals surface area contributed by atoms with Gasteiger partial charge in [-0.05, 0) is 47.5 Å². The molecule has 4 aromatic carbocycles. The zero-order chi connectivity index (χ0) is 25.2. The number of carbonyl (C=O) groups is 1. The molecule has 0 aliphatic carbocycles. The summed E-state index contributed by atoms with van der Waals surface area (Å²) in [7, 11) is 3.18. The molecular formula is C31H28O5. The van der Waals surface area contributed by atoms with Crippen LogP contribution in [0.4, 0.5) is 0 Å². The molecule has 0 unspecified atom stereocenters. The van der Waals surface area contributed by atoms with Gasteiger partial charge in [-0.2, -0.15) is 0 Å². The van der Waals surface area contributed by atoms with Crippen LogP contribution in [0.5, 0.6) is 23.0 Å². The van der Waals surface area contributed by atoms with Gasteiger partial charge in [0.15, 0.2) is 5.78 Å². The van der Waals surface area contributed by atoms with E-state index in [-0.39, 0.29) is 5.78 Å². The van der Waals surface area contributed by atoms with Gasteiger partial charge >= 0.3 is 0 Å². The number of methoxy groups -OCH3 is 2. The normalized spacial score (nSPS) is 10.7. The second kappa shape index (κ2) is 12.3. The maximum atomic E-state index is 13.2. The van der Waals surface area contributed by atoms with Gasteiger partial charge in [0.25, 0.3) is 0 Å². The van der Waals surface area contributed by atoms with Crippen molar-refractivity contribution < 1.29 is 23.7 Å².